The van der Waals surface area contributed by atoms with Gasteiger partial charge in [0.25, 0.3) is 10.0 Å². The SMILES string of the molecule is COC(=O)N(C)C1=C(C)NC(NC(=O)NS(=O)(=O)c2ccccc2)(C(=O)OC)N=C1C. The highest BCUT2D eigenvalue weighted by Crippen LogP contribution is 2.22. The number of hydrogen-bond donors (Lipinski definition) is 3. The van der Waals surface area contributed by atoms with Gasteiger partial charge in [-0.05, 0) is 26.0 Å². The summed E-state index contributed by atoms with van der Waals surface area (Å²) in [5.41, 5.74) is 0.753. The first kappa shape index (κ1) is 23.7. The summed E-state index contributed by atoms with van der Waals surface area (Å²) >= 11 is 0. The minimum absolute atomic E-state index is 0.147. The molecule has 1 aliphatic rings. The Kier molecular flexibility index (Phi) is 6.90. The molecule has 0 spiro atoms. The number of carbonyl (C=O) groups is 3. The fraction of sp³-hybridized carbons (Fsp3) is 0.333. The predicted molar refractivity (Wildman–Crippen MR) is 109 cm³/mol. The van der Waals surface area contributed by atoms with Crippen LogP contribution in [0.1, 0.15) is 13.8 Å². The second kappa shape index (κ2) is 9.04. The van der Waals surface area contributed by atoms with E-state index in [1.807, 2.05) is 4.72 Å². The minimum atomic E-state index is -4.21. The van der Waals surface area contributed by atoms with E-state index in [1.54, 1.807) is 6.07 Å². The molecule has 0 aromatic heterocycles. The fourth-order valence-corrected chi connectivity index (χ4v) is 3.91. The van der Waals surface area contributed by atoms with Gasteiger partial charge in [0.05, 0.1) is 30.5 Å². The van der Waals surface area contributed by atoms with Gasteiger partial charge in [0.1, 0.15) is 0 Å². The Morgan fingerprint density at radius 3 is 2.23 bits per heavy atom. The fourth-order valence-electron chi connectivity index (χ4n) is 2.98. The number of sulfonamides is 1. The number of ether oxygens (including phenoxy) is 2. The van der Waals surface area contributed by atoms with Gasteiger partial charge in [-0.25, -0.2) is 32.5 Å². The summed E-state index contributed by atoms with van der Waals surface area (Å²) in [5, 5.41) is 4.88. The molecule has 3 N–H and O–H groups in total. The third kappa shape index (κ3) is 4.94. The van der Waals surface area contributed by atoms with E-state index < -0.39 is 33.9 Å². The van der Waals surface area contributed by atoms with Crippen molar-refractivity contribution in [2.24, 2.45) is 4.99 Å². The average Bonchev–Trinajstić information content (AvgIpc) is 2.71. The number of carbonyl (C=O) groups excluding carboxylic acids is 3. The number of esters is 1. The normalized spacial score (nSPS) is 18.3. The molecule has 168 valence electrons. The van der Waals surface area contributed by atoms with Crippen molar-refractivity contribution in [3.05, 3.63) is 41.7 Å². The van der Waals surface area contributed by atoms with E-state index in [1.165, 1.54) is 52.3 Å². The Balaban J connectivity index is 2.35. The quantitative estimate of drug-likeness (QED) is 0.544. The summed E-state index contributed by atoms with van der Waals surface area (Å²) in [7, 11) is -0.494. The van der Waals surface area contributed by atoms with Crippen LogP contribution in [-0.4, -0.2) is 64.2 Å². The van der Waals surface area contributed by atoms with E-state index in [2.05, 4.69) is 20.4 Å². The standard InChI is InChI=1S/C18H23N5O7S/c1-11-14(23(3)17(26)30-5)12(2)20-18(19-11,15(24)29-4)21-16(25)22-31(27,28)13-9-7-6-8-10-13/h6-10,19H,1-5H3,(H2,21,22,25). The molecule has 0 fully saturated rings. The van der Waals surface area contributed by atoms with Gasteiger partial charge < -0.3 is 14.8 Å². The zero-order chi connectivity index (χ0) is 23.4. The summed E-state index contributed by atoms with van der Waals surface area (Å²) in [6.07, 6.45) is -0.684. The number of hydrogen-bond acceptors (Lipinski definition) is 9. The van der Waals surface area contributed by atoms with Crippen LogP contribution < -0.4 is 15.4 Å². The molecule has 1 aliphatic heterocycles. The van der Waals surface area contributed by atoms with Crippen LogP contribution in [0.25, 0.3) is 0 Å². The molecule has 0 radical (unpaired) electrons. The maximum atomic E-state index is 12.5. The Labute approximate surface area is 179 Å². The number of benzene rings is 1. The first-order chi connectivity index (χ1) is 14.5. The first-order valence-electron chi connectivity index (χ1n) is 8.83. The Morgan fingerprint density at radius 1 is 1.10 bits per heavy atom. The number of rotatable bonds is 5. The van der Waals surface area contributed by atoms with Crippen molar-refractivity contribution in [2.45, 2.75) is 24.5 Å². The maximum Gasteiger partial charge on any atom is 0.413 e. The lowest BCUT2D eigenvalue weighted by Gasteiger charge is -2.36. The van der Waals surface area contributed by atoms with Crippen molar-refractivity contribution in [1.82, 2.24) is 20.3 Å². The van der Waals surface area contributed by atoms with Gasteiger partial charge in [0.2, 0.25) is 0 Å². The van der Waals surface area contributed by atoms with Crippen molar-refractivity contribution >= 4 is 33.8 Å². The zero-order valence-corrected chi connectivity index (χ0v) is 18.4. The van der Waals surface area contributed by atoms with Crippen LogP contribution in [0.15, 0.2) is 51.6 Å². The number of amides is 3. The monoisotopic (exact) mass is 453 g/mol. The number of allylic oxidation sites excluding steroid dienone is 2. The van der Waals surface area contributed by atoms with Crippen molar-refractivity contribution < 1.29 is 32.3 Å². The second-order valence-electron chi connectivity index (χ2n) is 6.40. The van der Waals surface area contributed by atoms with Crippen molar-refractivity contribution in [3.63, 3.8) is 0 Å². The van der Waals surface area contributed by atoms with Crippen LogP contribution in [0, 0.1) is 0 Å². The summed E-state index contributed by atoms with van der Waals surface area (Å²) in [6, 6.07) is 5.98. The zero-order valence-electron chi connectivity index (χ0n) is 17.5. The van der Waals surface area contributed by atoms with Gasteiger partial charge in [0, 0.05) is 12.7 Å². The van der Waals surface area contributed by atoms with Crippen LogP contribution in [0.3, 0.4) is 0 Å². The van der Waals surface area contributed by atoms with Gasteiger partial charge in [-0.15, -0.1) is 0 Å². The highest BCUT2D eigenvalue weighted by atomic mass is 32.2. The number of nitrogens with zero attached hydrogens (tertiary/aromatic N) is 2. The molecule has 1 aromatic carbocycles. The molecule has 0 aliphatic carbocycles. The van der Waals surface area contributed by atoms with Gasteiger partial charge in [-0.3, -0.25) is 10.2 Å². The van der Waals surface area contributed by atoms with E-state index in [9.17, 15) is 22.8 Å². The van der Waals surface area contributed by atoms with Crippen LogP contribution >= 0.6 is 0 Å². The third-order valence-corrected chi connectivity index (χ3v) is 5.59. The van der Waals surface area contributed by atoms with Crippen LogP contribution in [0.2, 0.25) is 0 Å². The molecule has 2 rings (SSSR count). The molecule has 3 amide bonds. The third-order valence-electron chi connectivity index (χ3n) is 4.24. The van der Waals surface area contributed by atoms with E-state index in [0.717, 1.165) is 12.0 Å². The van der Waals surface area contributed by atoms with E-state index in [-0.39, 0.29) is 16.3 Å². The topological polar surface area (TPSA) is 156 Å². The second-order valence-corrected chi connectivity index (χ2v) is 8.08. The summed E-state index contributed by atoms with van der Waals surface area (Å²) in [5.74, 6) is -3.18. The molecule has 0 saturated carbocycles. The molecular formula is C18H23N5O7S. The van der Waals surface area contributed by atoms with Crippen LogP contribution in [-0.2, 0) is 24.3 Å². The van der Waals surface area contributed by atoms with Crippen molar-refractivity contribution in [2.75, 3.05) is 21.3 Å². The summed E-state index contributed by atoms with van der Waals surface area (Å²) < 4.78 is 36.0. The van der Waals surface area contributed by atoms with Gasteiger partial charge in [0.15, 0.2) is 0 Å². The Bertz CT molecular complexity index is 1050. The van der Waals surface area contributed by atoms with Gasteiger partial charge >= 0.3 is 23.9 Å². The first-order valence-corrected chi connectivity index (χ1v) is 10.3. The van der Waals surface area contributed by atoms with E-state index in [0.29, 0.717) is 5.70 Å². The Morgan fingerprint density at radius 2 is 1.71 bits per heavy atom. The number of methoxy groups -OCH3 is 2. The smallest absolute Gasteiger partial charge is 0.413 e. The number of nitrogens with one attached hydrogen (secondary N) is 3. The van der Waals surface area contributed by atoms with Gasteiger partial charge in [-0.1, -0.05) is 18.2 Å². The lowest BCUT2D eigenvalue weighted by atomic mass is 10.1. The van der Waals surface area contributed by atoms with Crippen molar-refractivity contribution in [3.8, 4) is 0 Å². The molecule has 0 saturated heterocycles. The molecule has 13 heteroatoms. The summed E-state index contributed by atoms with van der Waals surface area (Å²) in [6.45, 7) is 3.03. The van der Waals surface area contributed by atoms with E-state index >= 15 is 0 Å². The molecule has 1 atom stereocenters. The predicted octanol–water partition coefficient (Wildman–Crippen LogP) is 0.495. The average molecular weight is 453 g/mol. The summed E-state index contributed by atoms with van der Waals surface area (Å²) in [4.78, 5) is 42.0. The van der Waals surface area contributed by atoms with Crippen molar-refractivity contribution in [1.29, 1.82) is 0 Å². The minimum Gasteiger partial charge on any atom is -0.464 e. The number of aliphatic imine (C=N–C) groups is 1. The molecule has 1 aromatic rings. The lowest BCUT2D eigenvalue weighted by molar-refractivity contribution is -0.149. The van der Waals surface area contributed by atoms with Crippen LogP contribution in [0.4, 0.5) is 9.59 Å². The lowest BCUT2D eigenvalue weighted by Crippen LogP contribution is -2.66. The molecule has 0 bridgehead atoms. The number of urea groups is 1. The van der Waals surface area contributed by atoms with E-state index in [4.69, 9.17) is 4.74 Å². The Hall–Kier alpha value is -3.61. The molecule has 1 unspecified atom stereocenters. The maximum absolute atomic E-state index is 12.5. The van der Waals surface area contributed by atoms with Crippen LogP contribution in [0.5, 0.6) is 0 Å². The highest BCUT2D eigenvalue weighted by molar-refractivity contribution is 7.90. The highest BCUT2D eigenvalue weighted by Gasteiger charge is 2.45. The molecule has 1 heterocycles. The van der Waals surface area contributed by atoms with Gasteiger partial charge in [-0.2, -0.15) is 0 Å². The molecule has 12 nitrogen and oxygen atoms in total. The largest absolute Gasteiger partial charge is 0.464 e. The molecular weight excluding hydrogens is 430 g/mol. The molecule has 31 heavy (non-hydrogen) atoms.